The van der Waals surface area contributed by atoms with Gasteiger partial charge in [0.25, 0.3) is 5.79 Å². The molecule has 114 valence electrons. The van der Waals surface area contributed by atoms with Crippen LogP contribution in [0.1, 0.15) is 19.4 Å². The van der Waals surface area contributed by atoms with E-state index in [0.29, 0.717) is 0 Å². The molecule has 2 rings (SSSR count). The van der Waals surface area contributed by atoms with Crippen molar-refractivity contribution in [2.75, 3.05) is 5.32 Å². The molecule has 1 aromatic carbocycles. The van der Waals surface area contributed by atoms with Crippen molar-refractivity contribution >= 4 is 17.6 Å². The maximum absolute atomic E-state index is 13.4. The Hall–Kier alpha value is -2.95. The minimum absolute atomic E-state index is 0.112. The van der Waals surface area contributed by atoms with Gasteiger partial charge in [-0.05, 0) is 12.1 Å². The third-order valence-corrected chi connectivity index (χ3v) is 2.70. The lowest BCUT2D eigenvalue weighted by Gasteiger charge is -2.29. The van der Waals surface area contributed by atoms with Crippen LogP contribution in [0.5, 0.6) is 0 Å². The molecule has 1 aromatic rings. The number of nitrogens with one attached hydrogen (secondary N) is 1. The van der Waals surface area contributed by atoms with Gasteiger partial charge in [-0.1, -0.05) is 0 Å². The molecule has 1 fully saturated rings. The summed E-state index contributed by atoms with van der Waals surface area (Å²) in [7, 11) is 0. The monoisotopic (exact) mass is 308 g/mol. The number of anilines is 1. The molecular formula is C14H10F2N2O4. The summed E-state index contributed by atoms with van der Waals surface area (Å²) < 4.78 is 36.2. The van der Waals surface area contributed by atoms with Crippen LogP contribution >= 0.6 is 0 Å². The summed E-state index contributed by atoms with van der Waals surface area (Å²) in [6.07, 6.45) is 0.910. The molecule has 8 heteroatoms. The summed E-state index contributed by atoms with van der Waals surface area (Å²) in [5, 5.41) is 11.2. The fourth-order valence-electron chi connectivity index (χ4n) is 1.71. The average molecular weight is 308 g/mol. The number of carbonyl (C=O) groups excluding carboxylic acids is 2. The SMILES string of the molecule is CC1(C)OC(=O)C(=CNc2ccc(F)c(F)c2C#N)C(=O)O1. The molecule has 0 aromatic heterocycles. The second-order valence-electron chi connectivity index (χ2n) is 4.78. The predicted molar refractivity (Wildman–Crippen MR) is 69.0 cm³/mol. The molecule has 22 heavy (non-hydrogen) atoms. The quantitative estimate of drug-likeness (QED) is 0.510. The van der Waals surface area contributed by atoms with E-state index in [1.165, 1.54) is 19.9 Å². The van der Waals surface area contributed by atoms with Crippen molar-refractivity contribution in [1.29, 1.82) is 5.26 Å². The summed E-state index contributed by atoms with van der Waals surface area (Å²) in [5.41, 5.74) is -1.16. The summed E-state index contributed by atoms with van der Waals surface area (Å²) in [6, 6.07) is 3.39. The number of nitriles is 1. The van der Waals surface area contributed by atoms with E-state index in [1.807, 2.05) is 0 Å². The Morgan fingerprint density at radius 2 is 1.82 bits per heavy atom. The number of hydrogen-bond acceptors (Lipinski definition) is 6. The minimum atomic E-state index is -1.38. The number of halogens is 2. The molecule has 0 bridgehead atoms. The topological polar surface area (TPSA) is 88.4 Å². The van der Waals surface area contributed by atoms with Crippen molar-refractivity contribution in [3.63, 3.8) is 0 Å². The normalized spacial score (nSPS) is 16.4. The zero-order valence-corrected chi connectivity index (χ0v) is 11.6. The number of hydrogen-bond donors (Lipinski definition) is 1. The Balaban J connectivity index is 2.30. The first-order valence-corrected chi connectivity index (χ1v) is 6.06. The smallest absolute Gasteiger partial charge is 0.350 e. The third-order valence-electron chi connectivity index (χ3n) is 2.70. The molecule has 0 spiro atoms. The molecule has 1 N–H and O–H groups in total. The predicted octanol–water partition coefficient (Wildman–Crippen LogP) is 1.97. The highest BCUT2D eigenvalue weighted by Gasteiger charge is 2.39. The molecular weight excluding hydrogens is 298 g/mol. The largest absolute Gasteiger partial charge is 0.419 e. The standard InChI is InChI=1S/C14H10F2N2O4/c1-14(2)21-12(19)8(13(20)22-14)6-18-10-4-3-9(15)11(16)7(10)5-17/h3-4,6,18H,1-2H3. The lowest BCUT2D eigenvalue weighted by molar-refractivity contribution is -0.222. The Morgan fingerprint density at radius 3 is 2.36 bits per heavy atom. The van der Waals surface area contributed by atoms with E-state index < -0.39 is 40.5 Å². The summed E-state index contributed by atoms with van der Waals surface area (Å²) in [6.45, 7) is 2.77. The van der Waals surface area contributed by atoms with Gasteiger partial charge in [0.15, 0.2) is 17.2 Å². The molecule has 1 heterocycles. The summed E-state index contributed by atoms with van der Waals surface area (Å²) in [4.78, 5) is 23.4. The van der Waals surface area contributed by atoms with Gasteiger partial charge in [-0.25, -0.2) is 18.4 Å². The van der Waals surface area contributed by atoms with E-state index in [1.54, 1.807) is 0 Å². The fourth-order valence-corrected chi connectivity index (χ4v) is 1.71. The molecule has 0 saturated carbocycles. The van der Waals surface area contributed by atoms with Crippen LogP contribution in [0.2, 0.25) is 0 Å². The molecule has 6 nitrogen and oxygen atoms in total. The molecule has 0 amide bonds. The van der Waals surface area contributed by atoms with Gasteiger partial charge in [0.1, 0.15) is 11.6 Å². The maximum Gasteiger partial charge on any atom is 0.350 e. The van der Waals surface area contributed by atoms with Crippen molar-refractivity contribution in [3.05, 3.63) is 41.1 Å². The lowest BCUT2D eigenvalue weighted by atomic mass is 10.1. The van der Waals surface area contributed by atoms with Crippen LogP contribution < -0.4 is 5.32 Å². The molecule has 0 radical (unpaired) electrons. The number of nitrogens with zero attached hydrogens (tertiary/aromatic N) is 1. The second-order valence-corrected chi connectivity index (χ2v) is 4.78. The van der Waals surface area contributed by atoms with Crippen molar-refractivity contribution in [2.24, 2.45) is 0 Å². The first-order valence-electron chi connectivity index (χ1n) is 6.06. The molecule has 1 aliphatic rings. The van der Waals surface area contributed by atoms with Crippen LogP contribution in [0, 0.1) is 23.0 Å². The molecule has 1 aliphatic heterocycles. The van der Waals surface area contributed by atoms with Gasteiger partial charge in [-0.15, -0.1) is 0 Å². The maximum atomic E-state index is 13.4. The van der Waals surface area contributed by atoms with E-state index in [0.717, 1.165) is 18.3 Å². The van der Waals surface area contributed by atoms with Gasteiger partial charge < -0.3 is 14.8 Å². The average Bonchev–Trinajstić information content (AvgIpc) is 2.40. The molecule has 0 unspecified atom stereocenters. The Morgan fingerprint density at radius 1 is 1.23 bits per heavy atom. The van der Waals surface area contributed by atoms with Crippen LogP contribution in [-0.2, 0) is 19.1 Å². The zero-order chi connectivity index (χ0) is 16.5. The van der Waals surface area contributed by atoms with Gasteiger partial charge in [-0.2, -0.15) is 5.26 Å². The van der Waals surface area contributed by atoms with E-state index in [2.05, 4.69) is 5.32 Å². The highest BCUT2D eigenvalue weighted by atomic mass is 19.2. The van der Waals surface area contributed by atoms with Gasteiger partial charge in [0, 0.05) is 20.0 Å². The summed E-state index contributed by atoms with van der Waals surface area (Å²) in [5.74, 6) is -5.77. The van der Waals surface area contributed by atoms with E-state index in [9.17, 15) is 18.4 Å². The fraction of sp³-hybridized carbons (Fsp3) is 0.214. The number of rotatable bonds is 2. The van der Waals surface area contributed by atoms with Gasteiger partial charge in [-0.3, -0.25) is 0 Å². The second kappa shape index (κ2) is 5.44. The molecule has 0 atom stereocenters. The van der Waals surface area contributed by atoms with Crippen molar-refractivity contribution in [1.82, 2.24) is 0 Å². The van der Waals surface area contributed by atoms with Crippen LogP contribution in [0.25, 0.3) is 0 Å². The number of ether oxygens (including phenoxy) is 2. The van der Waals surface area contributed by atoms with Crippen molar-refractivity contribution in [2.45, 2.75) is 19.6 Å². The number of esters is 2. The van der Waals surface area contributed by atoms with Crippen LogP contribution in [-0.4, -0.2) is 17.7 Å². The molecule has 0 aliphatic carbocycles. The minimum Gasteiger partial charge on any atom is -0.419 e. The van der Waals surface area contributed by atoms with Gasteiger partial charge in [0.05, 0.1) is 5.69 Å². The molecule has 1 saturated heterocycles. The highest BCUT2D eigenvalue weighted by molar-refractivity contribution is 6.15. The van der Waals surface area contributed by atoms with E-state index >= 15 is 0 Å². The Bertz CT molecular complexity index is 713. The van der Waals surface area contributed by atoms with Crippen LogP contribution in [0.3, 0.4) is 0 Å². The van der Waals surface area contributed by atoms with E-state index in [4.69, 9.17) is 14.7 Å². The zero-order valence-electron chi connectivity index (χ0n) is 11.6. The van der Waals surface area contributed by atoms with Gasteiger partial charge >= 0.3 is 11.9 Å². The van der Waals surface area contributed by atoms with E-state index in [-0.39, 0.29) is 5.69 Å². The van der Waals surface area contributed by atoms with Crippen molar-refractivity contribution in [3.8, 4) is 6.07 Å². The van der Waals surface area contributed by atoms with Gasteiger partial charge in [0.2, 0.25) is 0 Å². The summed E-state index contributed by atoms with van der Waals surface area (Å²) >= 11 is 0. The first-order chi connectivity index (χ1) is 10.2. The van der Waals surface area contributed by atoms with Crippen LogP contribution in [0.4, 0.5) is 14.5 Å². The number of benzene rings is 1. The Labute approximate surface area is 123 Å². The first kappa shape index (κ1) is 15.4. The number of cyclic esters (lactones) is 2. The highest BCUT2D eigenvalue weighted by Crippen LogP contribution is 2.24. The Kier molecular flexibility index (Phi) is 3.82. The van der Waals surface area contributed by atoms with Crippen molar-refractivity contribution < 1.29 is 27.8 Å². The lowest BCUT2D eigenvalue weighted by Crippen LogP contribution is -2.42. The van der Waals surface area contributed by atoms with Crippen LogP contribution in [0.15, 0.2) is 23.9 Å². The third kappa shape index (κ3) is 2.88. The number of carbonyl (C=O) groups is 2.